The highest BCUT2D eigenvalue weighted by molar-refractivity contribution is 5.79. The maximum atomic E-state index is 14.0. The number of piperidine rings is 3. The van der Waals surface area contributed by atoms with Crippen LogP contribution in [-0.2, 0) is 9.53 Å². The number of esters is 1. The highest BCUT2D eigenvalue weighted by Crippen LogP contribution is 2.45. The molecule has 0 aromatic rings. The van der Waals surface area contributed by atoms with Gasteiger partial charge in [-0.15, -0.1) is 0 Å². The van der Waals surface area contributed by atoms with Crippen LogP contribution in [0.2, 0.25) is 0 Å². The molecule has 0 aliphatic carbocycles. The van der Waals surface area contributed by atoms with Crippen molar-refractivity contribution in [2.75, 3.05) is 26.2 Å². The highest BCUT2D eigenvalue weighted by atomic mass is 19.3. The van der Waals surface area contributed by atoms with Crippen LogP contribution in [0.1, 0.15) is 19.8 Å². The number of nitrogens with zero attached hydrogens (tertiary/aromatic N) is 1. The Morgan fingerprint density at radius 3 is 2.53 bits per heavy atom. The summed E-state index contributed by atoms with van der Waals surface area (Å²) in [4.78, 5) is 13.1. The molecule has 0 saturated carbocycles. The fourth-order valence-corrected chi connectivity index (χ4v) is 2.79. The van der Waals surface area contributed by atoms with Crippen LogP contribution in [0.25, 0.3) is 0 Å². The second kappa shape index (κ2) is 4.17. The van der Waals surface area contributed by atoms with Gasteiger partial charge in [-0.05, 0) is 38.8 Å². The third kappa shape index (κ3) is 1.83. The number of fused-ring (bicyclic) bond motifs is 3. The summed E-state index contributed by atoms with van der Waals surface area (Å²) in [6, 6.07) is 0. The Hall–Kier alpha value is -0.750. The summed E-state index contributed by atoms with van der Waals surface area (Å²) in [5, 5.41) is 10.2. The van der Waals surface area contributed by atoms with Crippen molar-refractivity contribution >= 4 is 5.97 Å². The van der Waals surface area contributed by atoms with E-state index in [1.807, 2.05) is 0 Å². The molecule has 6 heteroatoms. The van der Waals surface area contributed by atoms with Gasteiger partial charge >= 0.3 is 11.9 Å². The molecule has 1 unspecified atom stereocenters. The molecule has 0 aromatic carbocycles. The van der Waals surface area contributed by atoms with E-state index in [1.165, 1.54) is 6.92 Å². The fraction of sp³-hybridized carbons (Fsp3) is 0.909. The highest BCUT2D eigenvalue weighted by Gasteiger charge is 2.65. The van der Waals surface area contributed by atoms with Crippen LogP contribution in [0.3, 0.4) is 0 Å². The van der Waals surface area contributed by atoms with Gasteiger partial charge in [-0.2, -0.15) is 8.78 Å². The van der Waals surface area contributed by atoms with Gasteiger partial charge in [-0.1, -0.05) is 0 Å². The van der Waals surface area contributed by atoms with Crippen molar-refractivity contribution < 1.29 is 23.4 Å². The predicted octanol–water partition coefficient (Wildman–Crippen LogP) is 0.641. The Balaban J connectivity index is 2.22. The monoisotopic (exact) mass is 249 g/mol. The van der Waals surface area contributed by atoms with Crippen LogP contribution < -0.4 is 0 Å². The quantitative estimate of drug-likeness (QED) is 0.746. The van der Waals surface area contributed by atoms with E-state index in [2.05, 4.69) is 4.74 Å². The number of halogens is 2. The van der Waals surface area contributed by atoms with E-state index in [0.717, 1.165) is 0 Å². The van der Waals surface area contributed by atoms with Crippen molar-refractivity contribution in [1.29, 1.82) is 0 Å². The maximum absolute atomic E-state index is 14.0. The molecular formula is C11H17F2NO3. The zero-order chi connectivity index (χ0) is 12.7. The molecule has 3 aliphatic rings. The molecule has 1 atom stereocenters. The Bertz CT molecular complexity index is 316. The Labute approximate surface area is 98.5 Å². The molecule has 3 aliphatic heterocycles. The van der Waals surface area contributed by atoms with E-state index in [0.29, 0.717) is 25.9 Å². The van der Waals surface area contributed by atoms with Gasteiger partial charge in [0.25, 0.3) is 0 Å². The van der Waals surface area contributed by atoms with Crippen molar-refractivity contribution in [2.24, 2.45) is 5.92 Å². The number of hydrogen-bond acceptors (Lipinski definition) is 4. The number of rotatable bonds is 3. The van der Waals surface area contributed by atoms with Crippen molar-refractivity contribution in [3.8, 4) is 0 Å². The van der Waals surface area contributed by atoms with E-state index >= 15 is 0 Å². The normalized spacial score (nSPS) is 36.9. The van der Waals surface area contributed by atoms with Crippen LogP contribution in [0.15, 0.2) is 0 Å². The van der Waals surface area contributed by atoms with Gasteiger partial charge in [0.05, 0.1) is 6.61 Å². The van der Waals surface area contributed by atoms with E-state index in [9.17, 15) is 18.7 Å². The molecule has 2 bridgehead atoms. The summed E-state index contributed by atoms with van der Waals surface area (Å²) >= 11 is 0. The van der Waals surface area contributed by atoms with Crippen molar-refractivity contribution in [3.05, 3.63) is 0 Å². The topological polar surface area (TPSA) is 49.8 Å². The van der Waals surface area contributed by atoms with Gasteiger partial charge < -0.3 is 14.7 Å². The minimum atomic E-state index is -3.83. The van der Waals surface area contributed by atoms with Crippen LogP contribution in [0.5, 0.6) is 0 Å². The first-order chi connectivity index (χ1) is 7.91. The summed E-state index contributed by atoms with van der Waals surface area (Å²) < 4.78 is 32.3. The smallest absolute Gasteiger partial charge is 0.380 e. The van der Waals surface area contributed by atoms with Gasteiger partial charge in [0, 0.05) is 6.54 Å². The molecule has 98 valence electrons. The molecule has 4 nitrogen and oxygen atoms in total. The second-order valence-electron chi connectivity index (χ2n) is 4.77. The predicted molar refractivity (Wildman–Crippen MR) is 55.7 cm³/mol. The van der Waals surface area contributed by atoms with Gasteiger partial charge in [0.15, 0.2) is 5.60 Å². The zero-order valence-corrected chi connectivity index (χ0v) is 9.79. The molecule has 0 radical (unpaired) electrons. The molecular weight excluding hydrogens is 232 g/mol. The second-order valence-corrected chi connectivity index (χ2v) is 4.77. The molecule has 17 heavy (non-hydrogen) atoms. The van der Waals surface area contributed by atoms with Crippen molar-refractivity contribution in [2.45, 2.75) is 31.3 Å². The number of hydrogen-bond donors (Lipinski definition) is 1. The molecule has 3 heterocycles. The first-order valence-electron chi connectivity index (χ1n) is 5.91. The Morgan fingerprint density at radius 2 is 2.12 bits per heavy atom. The minimum Gasteiger partial charge on any atom is -0.461 e. The lowest BCUT2D eigenvalue weighted by Crippen LogP contribution is -2.69. The van der Waals surface area contributed by atoms with Crippen molar-refractivity contribution in [1.82, 2.24) is 4.90 Å². The van der Waals surface area contributed by atoms with Gasteiger partial charge in [0.1, 0.15) is 0 Å². The number of ether oxygens (including phenoxy) is 1. The lowest BCUT2D eigenvalue weighted by molar-refractivity contribution is -0.250. The molecule has 0 spiro atoms. The fourth-order valence-electron chi connectivity index (χ4n) is 2.79. The standard InChI is InChI=1S/C11H17F2NO3/c1-2-17-9(15)11(12,13)10(16)7-14-5-3-8(10)4-6-14/h8,16H,2-7H2,1H3. The lowest BCUT2D eigenvalue weighted by atomic mass is 9.72. The van der Waals surface area contributed by atoms with Crippen molar-refractivity contribution in [3.63, 3.8) is 0 Å². The van der Waals surface area contributed by atoms with Crippen LogP contribution >= 0.6 is 0 Å². The first-order valence-corrected chi connectivity index (χ1v) is 5.91. The number of alkyl halides is 2. The molecule has 3 rings (SSSR count). The summed E-state index contributed by atoms with van der Waals surface area (Å²) in [5.41, 5.74) is -2.27. The van der Waals surface area contributed by atoms with Gasteiger partial charge in [-0.25, -0.2) is 4.79 Å². The summed E-state index contributed by atoms with van der Waals surface area (Å²) in [5.74, 6) is -5.96. The molecule has 0 amide bonds. The van der Waals surface area contributed by atoms with Crippen LogP contribution in [0.4, 0.5) is 8.78 Å². The molecule has 3 saturated heterocycles. The maximum Gasteiger partial charge on any atom is 0.380 e. The average molecular weight is 249 g/mol. The van der Waals surface area contributed by atoms with Gasteiger partial charge in [-0.3, -0.25) is 0 Å². The van der Waals surface area contributed by atoms with E-state index in [-0.39, 0.29) is 13.2 Å². The minimum absolute atomic E-state index is 0.112. The summed E-state index contributed by atoms with van der Waals surface area (Å²) in [6.07, 6.45) is 1.01. The van der Waals surface area contributed by atoms with E-state index in [1.54, 1.807) is 4.90 Å². The SMILES string of the molecule is CCOC(=O)C(F)(F)C1(O)CN2CCC1CC2. The Kier molecular flexibility index (Phi) is 3.12. The third-order valence-corrected chi connectivity index (χ3v) is 3.80. The van der Waals surface area contributed by atoms with E-state index < -0.39 is 23.4 Å². The number of carbonyl (C=O) groups is 1. The molecule has 0 aromatic heterocycles. The number of aliphatic hydroxyl groups is 1. The number of carbonyl (C=O) groups excluding carboxylic acids is 1. The Morgan fingerprint density at radius 1 is 1.53 bits per heavy atom. The molecule has 1 N–H and O–H groups in total. The average Bonchev–Trinajstić information content (AvgIpc) is 2.30. The first kappa shape index (κ1) is 12.7. The summed E-state index contributed by atoms with van der Waals surface area (Å²) in [7, 11) is 0. The van der Waals surface area contributed by atoms with Crippen LogP contribution in [-0.4, -0.2) is 53.7 Å². The summed E-state index contributed by atoms with van der Waals surface area (Å²) in [6.45, 7) is 2.63. The van der Waals surface area contributed by atoms with Crippen LogP contribution in [0, 0.1) is 5.92 Å². The zero-order valence-electron chi connectivity index (χ0n) is 9.79. The third-order valence-electron chi connectivity index (χ3n) is 3.80. The van der Waals surface area contributed by atoms with Gasteiger partial charge in [0.2, 0.25) is 0 Å². The molecule has 3 fully saturated rings. The largest absolute Gasteiger partial charge is 0.461 e. The van der Waals surface area contributed by atoms with E-state index in [4.69, 9.17) is 0 Å². The lowest BCUT2D eigenvalue weighted by Gasteiger charge is -2.51.